The van der Waals surface area contributed by atoms with Crippen LogP contribution in [0.5, 0.6) is 11.5 Å². The van der Waals surface area contributed by atoms with Gasteiger partial charge in [0.2, 0.25) is 0 Å². The number of fused-ring (bicyclic) bond motifs is 1. The van der Waals surface area contributed by atoms with E-state index in [2.05, 4.69) is 21.2 Å². The minimum Gasteiger partial charge on any atom is -0.489 e. The van der Waals surface area contributed by atoms with Crippen molar-refractivity contribution < 1.29 is 14.3 Å². The molecule has 23 heavy (non-hydrogen) atoms. The lowest BCUT2D eigenvalue weighted by Crippen LogP contribution is -2.12. The molecule has 2 aromatic rings. The summed E-state index contributed by atoms with van der Waals surface area (Å²) in [4.78, 5) is 12.5. The van der Waals surface area contributed by atoms with Crippen LogP contribution in [0.25, 0.3) is 0 Å². The van der Waals surface area contributed by atoms with E-state index in [4.69, 9.17) is 21.1 Å². The molecule has 1 aliphatic heterocycles. The molecule has 1 heterocycles. The van der Waals surface area contributed by atoms with Gasteiger partial charge in [-0.15, -0.1) is 0 Å². The number of ether oxygens (including phenoxy) is 2. The fraction of sp³-hybridized carbons (Fsp3) is 0.235. The molecule has 2 aromatic carbocycles. The first-order valence-electron chi connectivity index (χ1n) is 7.21. The number of nitrogens with one attached hydrogen (secondary N) is 1. The Balaban J connectivity index is 1.87. The maximum atomic E-state index is 12.5. The van der Waals surface area contributed by atoms with Crippen LogP contribution >= 0.6 is 27.5 Å². The molecule has 0 aliphatic carbocycles. The van der Waals surface area contributed by atoms with Gasteiger partial charge in [0.25, 0.3) is 5.91 Å². The number of benzene rings is 2. The lowest BCUT2D eigenvalue weighted by Gasteiger charge is -2.12. The number of amides is 1. The van der Waals surface area contributed by atoms with Crippen LogP contribution in [0, 0.1) is 6.92 Å². The van der Waals surface area contributed by atoms with E-state index in [1.54, 1.807) is 12.1 Å². The fourth-order valence-electron chi connectivity index (χ4n) is 2.28. The van der Waals surface area contributed by atoms with Crippen molar-refractivity contribution in [2.24, 2.45) is 0 Å². The van der Waals surface area contributed by atoms with Gasteiger partial charge in [0.05, 0.1) is 23.9 Å². The molecule has 1 amide bonds. The Morgan fingerprint density at radius 2 is 2.00 bits per heavy atom. The van der Waals surface area contributed by atoms with Gasteiger partial charge in [-0.2, -0.15) is 0 Å². The Kier molecular flexibility index (Phi) is 4.78. The molecule has 3 rings (SSSR count). The van der Waals surface area contributed by atoms with Crippen LogP contribution in [-0.2, 0) is 0 Å². The summed E-state index contributed by atoms with van der Waals surface area (Å²) in [7, 11) is 0. The summed E-state index contributed by atoms with van der Waals surface area (Å²) in [5.74, 6) is 0.743. The predicted molar refractivity (Wildman–Crippen MR) is 93.9 cm³/mol. The Labute approximate surface area is 147 Å². The molecule has 1 N–H and O–H groups in total. The highest BCUT2D eigenvalue weighted by Gasteiger charge is 2.19. The molecule has 0 fully saturated rings. The van der Waals surface area contributed by atoms with Crippen LogP contribution < -0.4 is 14.8 Å². The molecule has 6 heteroatoms. The van der Waals surface area contributed by atoms with Gasteiger partial charge in [0, 0.05) is 16.5 Å². The van der Waals surface area contributed by atoms with Crippen molar-refractivity contribution in [2.75, 3.05) is 18.5 Å². The summed E-state index contributed by atoms with van der Waals surface area (Å²) < 4.78 is 12.0. The number of hydrogen-bond donors (Lipinski definition) is 1. The van der Waals surface area contributed by atoms with E-state index in [-0.39, 0.29) is 5.91 Å². The molecule has 0 bridgehead atoms. The molecule has 0 saturated carbocycles. The largest absolute Gasteiger partial charge is 0.489 e. The third kappa shape index (κ3) is 3.62. The van der Waals surface area contributed by atoms with Gasteiger partial charge >= 0.3 is 0 Å². The molecule has 0 saturated heterocycles. The summed E-state index contributed by atoms with van der Waals surface area (Å²) in [5.41, 5.74) is 2.23. The van der Waals surface area contributed by atoms with Gasteiger partial charge in [0.1, 0.15) is 0 Å². The van der Waals surface area contributed by atoms with E-state index in [1.807, 2.05) is 25.1 Å². The number of carbonyl (C=O) groups is 1. The van der Waals surface area contributed by atoms with Crippen molar-refractivity contribution in [1.82, 2.24) is 0 Å². The van der Waals surface area contributed by atoms with E-state index in [1.165, 1.54) is 0 Å². The average Bonchev–Trinajstić information content (AvgIpc) is 2.75. The number of anilines is 1. The molecule has 4 nitrogen and oxygen atoms in total. The molecule has 0 radical (unpaired) electrons. The van der Waals surface area contributed by atoms with E-state index in [0.717, 1.165) is 16.5 Å². The Hall–Kier alpha value is -1.72. The molecule has 1 aliphatic rings. The van der Waals surface area contributed by atoms with Crippen molar-refractivity contribution in [3.05, 3.63) is 51.0 Å². The monoisotopic (exact) mass is 395 g/mol. The zero-order valence-electron chi connectivity index (χ0n) is 12.5. The van der Waals surface area contributed by atoms with Gasteiger partial charge in [-0.05, 0) is 52.7 Å². The second-order valence-corrected chi connectivity index (χ2v) is 6.53. The van der Waals surface area contributed by atoms with Crippen molar-refractivity contribution in [2.45, 2.75) is 13.3 Å². The van der Waals surface area contributed by atoms with Gasteiger partial charge in [0.15, 0.2) is 11.5 Å². The first-order chi connectivity index (χ1) is 11.0. The molecular weight excluding hydrogens is 382 g/mol. The van der Waals surface area contributed by atoms with Crippen LogP contribution in [-0.4, -0.2) is 19.1 Å². The second kappa shape index (κ2) is 6.81. The Morgan fingerprint density at radius 3 is 2.78 bits per heavy atom. The molecule has 0 spiro atoms. The molecule has 0 unspecified atom stereocenters. The van der Waals surface area contributed by atoms with Crippen molar-refractivity contribution in [1.29, 1.82) is 0 Å². The summed E-state index contributed by atoms with van der Waals surface area (Å²) in [6.07, 6.45) is 0.781. The third-order valence-electron chi connectivity index (χ3n) is 3.44. The first-order valence-corrected chi connectivity index (χ1v) is 8.38. The molecule has 0 atom stereocenters. The van der Waals surface area contributed by atoms with Crippen molar-refractivity contribution >= 4 is 39.1 Å². The Bertz CT molecular complexity index is 764. The smallest absolute Gasteiger partial charge is 0.255 e. The highest BCUT2D eigenvalue weighted by Crippen LogP contribution is 2.38. The van der Waals surface area contributed by atoms with E-state index < -0.39 is 0 Å². The standard InChI is InChI=1S/C17H15BrClNO3/c1-10-3-4-14(12(18)7-10)20-17(21)11-8-13(19)16-15(9-11)22-5-2-6-23-16/h3-4,7-9H,2,5-6H2,1H3,(H,20,21). The van der Waals surface area contributed by atoms with E-state index >= 15 is 0 Å². The van der Waals surface area contributed by atoms with Gasteiger partial charge in [-0.25, -0.2) is 0 Å². The van der Waals surface area contributed by atoms with E-state index in [0.29, 0.717) is 41.0 Å². The summed E-state index contributed by atoms with van der Waals surface area (Å²) >= 11 is 9.67. The summed E-state index contributed by atoms with van der Waals surface area (Å²) in [5, 5.41) is 3.24. The number of aryl methyl sites for hydroxylation is 1. The Morgan fingerprint density at radius 1 is 1.22 bits per heavy atom. The van der Waals surface area contributed by atoms with Crippen LogP contribution in [0.15, 0.2) is 34.8 Å². The first kappa shape index (κ1) is 16.1. The fourth-order valence-corrected chi connectivity index (χ4v) is 3.14. The maximum absolute atomic E-state index is 12.5. The van der Waals surface area contributed by atoms with Gasteiger partial charge < -0.3 is 14.8 Å². The second-order valence-electron chi connectivity index (χ2n) is 5.27. The van der Waals surface area contributed by atoms with E-state index in [9.17, 15) is 4.79 Å². The summed E-state index contributed by atoms with van der Waals surface area (Å²) in [6.45, 7) is 3.08. The molecular formula is C17H15BrClNO3. The quantitative estimate of drug-likeness (QED) is 0.791. The van der Waals surface area contributed by atoms with Gasteiger partial charge in [-0.1, -0.05) is 17.7 Å². The number of carbonyl (C=O) groups excluding carboxylic acids is 1. The maximum Gasteiger partial charge on any atom is 0.255 e. The number of rotatable bonds is 2. The highest BCUT2D eigenvalue weighted by molar-refractivity contribution is 9.10. The van der Waals surface area contributed by atoms with Crippen LogP contribution in [0.2, 0.25) is 5.02 Å². The lowest BCUT2D eigenvalue weighted by molar-refractivity contribution is 0.102. The topological polar surface area (TPSA) is 47.6 Å². The van der Waals surface area contributed by atoms with Crippen LogP contribution in [0.1, 0.15) is 22.3 Å². The average molecular weight is 397 g/mol. The molecule has 120 valence electrons. The zero-order valence-corrected chi connectivity index (χ0v) is 14.8. The minimum absolute atomic E-state index is 0.257. The lowest BCUT2D eigenvalue weighted by atomic mass is 10.1. The minimum atomic E-state index is -0.257. The number of halogens is 2. The zero-order chi connectivity index (χ0) is 16.4. The molecule has 0 aromatic heterocycles. The van der Waals surface area contributed by atoms with Crippen molar-refractivity contribution in [3.63, 3.8) is 0 Å². The van der Waals surface area contributed by atoms with Crippen LogP contribution in [0.3, 0.4) is 0 Å². The van der Waals surface area contributed by atoms with Gasteiger partial charge in [-0.3, -0.25) is 4.79 Å². The third-order valence-corrected chi connectivity index (χ3v) is 4.37. The number of hydrogen-bond acceptors (Lipinski definition) is 3. The normalized spacial score (nSPS) is 13.3. The van der Waals surface area contributed by atoms with Crippen molar-refractivity contribution in [3.8, 4) is 11.5 Å². The summed E-state index contributed by atoms with van der Waals surface area (Å²) in [6, 6.07) is 8.97. The predicted octanol–water partition coefficient (Wildman–Crippen LogP) is 4.82. The van der Waals surface area contributed by atoms with Crippen LogP contribution in [0.4, 0.5) is 5.69 Å². The SMILES string of the molecule is Cc1ccc(NC(=O)c2cc(Cl)c3c(c2)OCCCO3)c(Br)c1. The highest BCUT2D eigenvalue weighted by atomic mass is 79.9.